The minimum absolute atomic E-state index is 0.235. The zero-order chi connectivity index (χ0) is 8.27. The van der Waals surface area contributed by atoms with Crippen molar-refractivity contribution in [2.75, 3.05) is 19.6 Å². The first kappa shape index (κ1) is 8.68. The number of carbonyl (C=O) groups is 1. The van der Waals surface area contributed by atoms with Crippen LogP contribution in [-0.4, -0.2) is 36.4 Å². The highest BCUT2D eigenvalue weighted by molar-refractivity contribution is 5.77. The zero-order valence-electron chi connectivity index (χ0n) is 7.05. The van der Waals surface area contributed by atoms with Gasteiger partial charge in [0, 0.05) is 12.6 Å². The number of hydrogen-bond donors (Lipinski definition) is 1. The van der Waals surface area contributed by atoms with Crippen molar-refractivity contribution in [3.63, 3.8) is 0 Å². The third-order valence-corrected chi connectivity index (χ3v) is 1.99. The number of rotatable bonds is 2. The molecule has 1 heterocycles. The number of ketones is 1. The molecule has 0 aromatic rings. The van der Waals surface area contributed by atoms with Crippen molar-refractivity contribution in [3.05, 3.63) is 0 Å². The van der Waals surface area contributed by atoms with Gasteiger partial charge in [0.25, 0.3) is 0 Å². The summed E-state index contributed by atoms with van der Waals surface area (Å²) in [5.41, 5.74) is 5.75. The van der Waals surface area contributed by atoms with E-state index >= 15 is 0 Å². The van der Waals surface area contributed by atoms with Gasteiger partial charge < -0.3 is 5.73 Å². The zero-order valence-corrected chi connectivity index (χ0v) is 7.05. The highest BCUT2D eigenvalue weighted by Gasteiger charge is 2.16. The van der Waals surface area contributed by atoms with Crippen LogP contribution in [0.4, 0.5) is 0 Å². The minimum atomic E-state index is 0.235. The van der Waals surface area contributed by atoms with Crippen LogP contribution in [0.2, 0.25) is 0 Å². The summed E-state index contributed by atoms with van der Waals surface area (Å²) in [6.07, 6.45) is 2.24. The molecular weight excluding hydrogens is 140 g/mol. The number of likely N-dealkylation sites (tertiary alicyclic amines) is 1. The maximum absolute atomic E-state index is 10.7. The number of carbonyl (C=O) groups excluding carboxylic acids is 1. The third kappa shape index (κ3) is 2.99. The van der Waals surface area contributed by atoms with E-state index in [-0.39, 0.29) is 11.8 Å². The molecule has 64 valence electrons. The van der Waals surface area contributed by atoms with Crippen LogP contribution in [0.5, 0.6) is 0 Å². The fourth-order valence-corrected chi connectivity index (χ4v) is 1.55. The van der Waals surface area contributed by atoms with E-state index < -0.39 is 0 Å². The molecule has 0 aromatic heterocycles. The average molecular weight is 156 g/mol. The molecule has 0 spiro atoms. The summed E-state index contributed by atoms with van der Waals surface area (Å²) in [4.78, 5) is 12.9. The Morgan fingerprint density at radius 2 is 2.45 bits per heavy atom. The van der Waals surface area contributed by atoms with Gasteiger partial charge in [0.1, 0.15) is 5.78 Å². The first-order valence-electron chi connectivity index (χ1n) is 4.16. The van der Waals surface area contributed by atoms with Gasteiger partial charge in [-0.05, 0) is 26.3 Å². The molecule has 0 aromatic carbocycles. The Morgan fingerprint density at radius 1 is 1.73 bits per heavy atom. The SMILES string of the molecule is CC(=O)CN1CCC[C@H](N)C1. The van der Waals surface area contributed by atoms with E-state index in [1.165, 1.54) is 0 Å². The monoisotopic (exact) mass is 156 g/mol. The highest BCUT2D eigenvalue weighted by atomic mass is 16.1. The molecule has 2 N–H and O–H groups in total. The van der Waals surface area contributed by atoms with Gasteiger partial charge in [-0.3, -0.25) is 9.69 Å². The summed E-state index contributed by atoms with van der Waals surface area (Å²) in [7, 11) is 0. The number of Topliss-reactive ketones (excluding diaryl/α,β-unsaturated/α-hetero) is 1. The quantitative estimate of drug-likeness (QED) is 0.612. The fraction of sp³-hybridized carbons (Fsp3) is 0.875. The molecule has 0 amide bonds. The van der Waals surface area contributed by atoms with E-state index in [4.69, 9.17) is 5.73 Å². The van der Waals surface area contributed by atoms with Gasteiger partial charge in [-0.1, -0.05) is 0 Å². The standard InChI is InChI=1S/C8H16N2O/c1-7(11)5-10-4-2-3-8(9)6-10/h8H,2-6,9H2,1H3/t8-/m0/s1. The lowest BCUT2D eigenvalue weighted by atomic mass is 10.1. The molecule has 1 atom stereocenters. The molecule has 1 aliphatic heterocycles. The Bertz CT molecular complexity index is 147. The topological polar surface area (TPSA) is 46.3 Å². The van der Waals surface area contributed by atoms with Gasteiger partial charge in [0.05, 0.1) is 6.54 Å². The molecular formula is C8H16N2O. The largest absolute Gasteiger partial charge is 0.327 e. The second-order valence-electron chi connectivity index (χ2n) is 3.34. The molecule has 3 nitrogen and oxygen atoms in total. The van der Waals surface area contributed by atoms with E-state index in [9.17, 15) is 4.79 Å². The third-order valence-electron chi connectivity index (χ3n) is 1.99. The lowest BCUT2D eigenvalue weighted by Crippen LogP contribution is -2.44. The first-order chi connectivity index (χ1) is 5.18. The Balaban J connectivity index is 2.28. The first-order valence-corrected chi connectivity index (χ1v) is 4.16. The van der Waals surface area contributed by atoms with Crippen LogP contribution in [0.15, 0.2) is 0 Å². The lowest BCUT2D eigenvalue weighted by Gasteiger charge is -2.29. The van der Waals surface area contributed by atoms with Crippen molar-refractivity contribution in [2.24, 2.45) is 5.73 Å². The maximum atomic E-state index is 10.7. The molecule has 1 aliphatic rings. The summed E-state index contributed by atoms with van der Waals surface area (Å²) in [5, 5.41) is 0. The summed E-state index contributed by atoms with van der Waals surface area (Å²) < 4.78 is 0. The van der Waals surface area contributed by atoms with Crippen LogP contribution in [0.3, 0.4) is 0 Å². The van der Waals surface area contributed by atoms with Crippen LogP contribution in [0.1, 0.15) is 19.8 Å². The van der Waals surface area contributed by atoms with Crippen molar-refractivity contribution < 1.29 is 4.79 Å². The summed E-state index contributed by atoms with van der Waals surface area (Å²) in [6, 6.07) is 0.281. The van der Waals surface area contributed by atoms with Gasteiger partial charge in [0.15, 0.2) is 0 Å². The van der Waals surface area contributed by atoms with Crippen LogP contribution >= 0.6 is 0 Å². The fourth-order valence-electron chi connectivity index (χ4n) is 1.55. The number of hydrogen-bond acceptors (Lipinski definition) is 3. The van der Waals surface area contributed by atoms with E-state index in [1.54, 1.807) is 6.92 Å². The maximum Gasteiger partial charge on any atom is 0.143 e. The Hall–Kier alpha value is -0.410. The van der Waals surface area contributed by atoms with E-state index in [0.717, 1.165) is 25.9 Å². The highest BCUT2D eigenvalue weighted by Crippen LogP contribution is 2.07. The van der Waals surface area contributed by atoms with Gasteiger partial charge in [-0.2, -0.15) is 0 Å². The average Bonchev–Trinajstić information content (AvgIpc) is 1.85. The molecule has 1 fully saturated rings. The normalized spacial score (nSPS) is 26.9. The predicted molar refractivity (Wildman–Crippen MR) is 44.3 cm³/mol. The minimum Gasteiger partial charge on any atom is -0.327 e. The van der Waals surface area contributed by atoms with E-state index in [1.807, 2.05) is 0 Å². The Kier molecular flexibility index (Phi) is 3.02. The summed E-state index contributed by atoms with van der Waals surface area (Å²) in [6.45, 7) is 4.13. The second kappa shape index (κ2) is 3.83. The van der Waals surface area contributed by atoms with Crippen molar-refractivity contribution in [1.82, 2.24) is 4.90 Å². The molecule has 0 unspecified atom stereocenters. The number of piperidine rings is 1. The van der Waals surface area contributed by atoms with Crippen LogP contribution in [0, 0.1) is 0 Å². The Labute approximate surface area is 67.5 Å². The predicted octanol–water partition coefficient (Wildman–Crippen LogP) is -0.00150. The molecule has 0 aliphatic carbocycles. The molecule has 0 saturated carbocycles. The van der Waals surface area contributed by atoms with Gasteiger partial charge >= 0.3 is 0 Å². The number of nitrogens with zero attached hydrogens (tertiary/aromatic N) is 1. The number of nitrogens with two attached hydrogens (primary N) is 1. The van der Waals surface area contributed by atoms with Crippen LogP contribution in [0.25, 0.3) is 0 Å². The summed E-state index contributed by atoms with van der Waals surface area (Å²) in [5.74, 6) is 0.235. The molecule has 1 saturated heterocycles. The van der Waals surface area contributed by atoms with E-state index in [0.29, 0.717) is 6.54 Å². The molecule has 0 radical (unpaired) electrons. The second-order valence-corrected chi connectivity index (χ2v) is 3.34. The Morgan fingerprint density at radius 3 is 3.00 bits per heavy atom. The van der Waals surface area contributed by atoms with Gasteiger partial charge in [0.2, 0.25) is 0 Å². The van der Waals surface area contributed by atoms with E-state index in [2.05, 4.69) is 4.90 Å². The van der Waals surface area contributed by atoms with Crippen molar-refractivity contribution in [1.29, 1.82) is 0 Å². The van der Waals surface area contributed by atoms with Crippen molar-refractivity contribution in [3.8, 4) is 0 Å². The van der Waals surface area contributed by atoms with Gasteiger partial charge in [-0.25, -0.2) is 0 Å². The molecule has 1 rings (SSSR count). The lowest BCUT2D eigenvalue weighted by molar-refractivity contribution is -0.118. The van der Waals surface area contributed by atoms with Crippen molar-refractivity contribution in [2.45, 2.75) is 25.8 Å². The molecule has 3 heteroatoms. The molecule has 0 bridgehead atoms. The van der Waals surface area contributed by atoms with Crippen LogP contribution in [-0.2, 0) is 4.79 Å². The van der Waals surface area contributed by atoms with Gasteiger partial charge in [-0.15, -0.1) is 0 Å². The van der Waals surface area contributed by atoms with Crippen molar-refractivity contribution >= 4 is 5.78 Å². The molecule has 11 heavy (non-hydrogen) atoms. The summed E-state index contributed by atoms with van der Waals surface area (Å²) >= 11 is 0. The smallest absolute Gasteiger partial charge is 0.143 e. The van der Waals surface area contributed by atoms with Crippen LogP contribution < -0.4 is 5.73 Å².